The van der Waals surface area contributed by atoms with Gasteiger partial charge < -0.3 is 5.11 Å². The Balaban J connectivity index is 1.93. The lowest BCUT2D eigenvalue weighted by Crippen LogP contribution is -2.25. The molecule has 0 radical (unpaired) electrons. The molecule has 7 nitrogen and oxygen atoms in total. The molecule has 0 saturated heterocycles. The van der Waals surface area contributed by atoms with Crippen molar-refractivity contribution in [1.29, 1.82) is 0 Å². The fourth-order valence-corrected chi connectivity index (χ4v) is 4.03. The molecule has 0 saturated carbocycles. The molecule has 35 heavy (non-hydrogen) atoms. The third kappa shape index (κ3) is 4.06. The molecule has 0 aliphatic rings. The SMILES string of the molecule is O=c1c(-c2ccccc2O)c(-c2ccccc2)c(-c2ccc([N+](=O)[O-])cc2)nn1-c1ccccc1. The van der Waals surface area contributed by atoms with Gasteiger partial charge in [-0.3, -0.25) is 14.9 Å². The minimum Gasteiger partial charge on any atom is -0.507 e. The molecule has 0 spiro atoms. The summed E-state index contributed by atoms with van der Waals surface area (Å²) in [7, 11) is 0. The summed E-state index contributed by atoms with van der Waals surface area (Å²) in [5.41, 5.74) is 3.05. The van der Waals surface area contributed by atoms with Crippen LogP contribution in [0.5, 0.6) is 5.75 Å². The summed E-state index contributed by atoms with van der Waals surface area (Å²) < 4.78 is 1.30. The van der Waals surface area contributed by atoms with Crippen LogP contribution in [0.1, 0.15) is 0 Å². The molecule has 1 N–H and O–H groups in total. The van der Waals surface area contributed by atoms with Crippen molar-refractivity contribution in [2.24, 2.45) is 0 Å². The van der Waals surface area contributed by atoms with Crippen molar-refractivity contribution in [1.82, 2.24) is 9.78 Å². The van der Waals surface area contributed by atoms with Crippen LogP contribution in [-0.2, 0) is 0 Å². The van der Waals surface area contributed by atoms with Gasteiger partial charge in [-0.15, -0.1) is 0 Å². The maximum absolute atomic E-state index is 13.9. The van der Waals surface area contributed by atoms with Gasteiger partial charge in [0.1, 0.15) is 5.75 Å². The number of nitro benzene ring substituents is 1. The number of benzene rings is 4. The first kappa shape index (κ1) is 21.8. The van der Waals surface area contributed by atoms with Crippen LogP contribution in [0, 0.1) is 10.1 Å². The van der Waals surface area contributed by atoms with Crippen LogP contribution in [0.2, 0.25) is 0 Å². The number of rotatable bonds is 5. The molecule has 7 heteroatoms. The van der Waals surface area contributed by atoms with Crippen LogP contribution in [0.3, 0.4) is 0 Å². The van der Waals surface area contributed by atoms with E-state index in [0.29, 0.717) is 28.1 Å². The fourth-order valence-electron chi connectivity index (χ4n) is 4.03. The van der Waals surface area contributed by atoms with Crippen molar-refractivity contribution in [2.45, 2.75) is 0 Å². The van der Waals surface area contributed by atoms with Crippen molar-refractivity contribution in [2.75, 3.05) is 0 Å². The van der Waals surface area contributed by atoms with E-state index in [9.17, 15) is 20.0 Å². The van der Waals surface area contributed by atoms with Gasteiger partial charge in [0.25, 0.3) is 11.2 Å². The molecule has 0 amide bonds. The highest BCUT2D eigenvalue weighted by Gasteiger charge is 2.24. The normalized spacial score (nSPS) is 10.7. The Kier molecular flexibility index (Phi) is 5.65. The number of hydrogen-bond acceptors (Lipinski definition) is 5. The first-order valence-electron chi connectivity index (χ1n) is 10.9. The minimum absolute atomic E-state index is 0.0396. The lowest BCUT2D eigenvalue weighted by atomic mass is 9.91. The number of aromatic hydroxyl groups is 1. The molecular formula is C28H19N3O4. The van der Waals surface area contributed by atoms with Crippen LogP contribution >= 0.6 is 0 Å². The lowest BCUT2D eigenvalue weighted by molar-refractivity contribution is -0.384. The molecule has 0 bridgehead atoms. The van der Waals surface area contributed by atoms with Gasteiger partial charge in [-0.1, -0.05) is 66.7 Å². The van der Waals surface area contributed by atoms with Crippen molar-refractivity contribution >= 4 is 5.69 Å². The van der Waals surface area contributed by atoms with Crippen LogP contribution < -0.4 is 5.56 Å². The van der Waals surface area contributed by atoms with E-state index >= 15 is 0 Å². The van der Waals surface area contributed by atoms with Gasteiger partial charge in [0.15, 0.2) is 0 Å². The highest BCUT2D eigenvalue weighted by Crippen LogP contribution is 2.40. The van der Waals surface area contributed by atoms with E-state index in [1.807, 2.05) is 36.4 Å². The Morgan fingerprint density at radius 2 is 1.31 bits per heavy atom. The topological polar surface area (TPSA) is 98.3 Å². The zero-order valence-corrected chi connectivity index (χ0v) is 18.4. The van der Waals surface area contributed by atoms with E-state index < -0.39 is 10.5 Å². The molecule has 0 atom stereocenters. The second kappa shape index (κ2) is 9.07. The molecule has 0 fully saturated rings. The summed E-state index contributed by atoms with van der Waals surface area (Å²) in [6, 6.07) is 31.0. The molecule has 5 aromatic rings. The molecule has 1 aromatic heterocycles. The second-order valence-corrected chi connectivity index (χ2v) is 7.84. The molecule has 4 aromatic carbocycles. The van der Waals surface area contributed by atoms with Crippen molar-refractivity contribution in [3.8, 4) is 44.9 Å². The number of para-hydroxylation sites is 2. The van der Waals surface area contributed by atoms with Crippen LogP contribution in [0.15, 0.2) is 114 Å². The zero-order chi connectivity index (χ0) is 24.4. The van der Waals surface area contributed by atoms with E-state index in [2.05, 4.69) is 0 Å². The number of phenolic OH excluding ortho intramolecular Hbond substituents is 1. The van der Waals surface area contributed by atoms with E-state index in [-0.39, 0.29) is 17.0 Å². The molecule has 170 valence electrons. The highest BCUT2D eigenvalue weighted by molar-refractivity contribution is 5.93. The predicted octanol–water partition coefficient (Wildman–Crippen LogP) is 5.85. The van der Waals surface area contributed by atoms with Crippen molar-refractivity contribution in [3.05, 3.63) is 130 Å². The summed E-state index contributed by atoms with van der Waals surface area (Å²) in [4.78, 5) is 24.7. The summed E-state index contributed by atoms with van der Waals surface area (Å²) in [5, 5.41) is 26.7. The highest BCUT2D eigenvalue weighted by atomic mass is 16.6. The number of nitrogens with zero attached hydrogens (tertiary/aromatic N) is 3. The monoisotopic (exact) mass is 461 g/mol. The Morgan fingerprint density at radius 3 is 1.94 bits per heavy atom. The average Bonchev–Trinajstić information content (AvgIpc) is 2.90. The van der Waals surface area contributed by atoms with Gasteiger partial charge in [-0.05, 0) is 35.9 Å². The zero-order valence-electron chi connectivity index (χ0n) is 18.4. The second-order valence-electron chi connectivity index (χ2n) is 7.84. The molecule has 1 heterocycles. The first-order chi connectivity index (χ1) is 17.0. The molecular weight excluding hydrogens is 442 g/mol. The Labute approximate surface area is 200 Å². The third-order valence-electron chi connectivity index (χ3n) is 5.68. The van der Waals surface area contributed by atoms with Crippen LogP contribution in [-0.4, -0.2) is 19.8 Å². The number of non-ortho nitro benzene ring substituents is 1. The minimum atomic E-state index is -0.465. The summed E-state index contributed by atoms with van der Waals surface area (Å²) >= 11 is 0. The Bertz CT molecular complexity index is 1580. The lowest BCUT2D eigenvalue weighted by Gasteiger charge is -2.18. The molecule has 0 aliphatic heterocycles. The summed E-state index contributed by atoms with van der Waals surface area (Å²) in [5.74, 6) is -0.0396. The van der Waals surface area contributed by atoms with Crippen LogP contribution in [0.25, 0.3) is 39.2 Å². The molecule has 5 rings (SSSR count). The van der Waals surface area contributed by atoms with Gasteiger partial charge >= 0.3 is 0 Å². The van der Waals surface area contributed by atoms with Gasteiger partial charge in [0.05, 0.1) is 21.9 Å². The molecule has 0 unspecified atom stereocenters. The average molecular weight is 461 g/mol. The first-order valence-corrected chi connectivity index (χ1v) is 10.9. The quantitative estimate of drug-likeness (QED) is 0.262. The van der Waals surface area contributed by atoms with E-state index in [1.54, 1.807) is 54.6 Å². The van der Waals surface area contributed by atoms with E-state index in [0.717, 1.165) is 5.56 Å². The molecule has 0 aliphatic carbocycles. The Hall–Kier alpha value is -5.04. The van der Waals surface area contributed by atoms with Gasteiger partial charge in [0, 0.05) is 28.8 Å². The number of nitro groups is 1. The maximum atomic E-state index is 13.9. The van der Waals surface area contributed by atoms with E-state index in [1.165, 1.54) is 22.9 Å². The maximum Gasteiger partial charge on any atom is 0.280 e. The largest absolute Gasteiger partial charge is 0.507 e. The third-order valence-corrected chi connectivity index (χ3v) is 5.68. The van der Waals surface area contributed by atoms with Gasteiger partial charge in [0.2, 0.25) is 0 Å². The number of hydrogen-bond donors (Lipinski definition) is 1. The van der Waals surface area contributed by atoms with Gasteiger partial charge in [-0.25, -0.2) is 0 Å². The smallest absolute Gasteiger partial charge is 0.280 e. The summed E-state index contributed by atoms with van der Waals surface area (Å²) in [6.07, 6.45) is 0. The van der Waals surface area contributed by atoms with Crippen LogP contribution in [0.4, 0.5) is 5.69 Å². The summed E-state index contributed by atoms with van der Waals surface area (Å²) in [6.45, 7) is 0. The number of phenols is 1. The predicted molar refractivity (Wildman–Crippen MR) is 134 cm³/mol. The number of aromatic nitrogens is 2. The van der Waals surface area contributed by atoms with Crippen molar-refractivity contribution in [3.63, 3.8) is 0 Å². The Morgan fingerprint density at radius 1 is 0.714 bits per heavy atom. The standard InChI is InChI=1S/C28H19N3O4/c32-24-14-8-7-13-23(24)26-25(19-9-3-1-4-10-19)27(20-15-17-22(18-16-20)31(34)35)29-30(28(26)33)21-11-5-2-6-12-21/h1-18,32H. The fraction of sp³-hybridized carbons (Fsp3) is 0. The van der Waals surface area contributed by atoms with Gasteiger partial charge in [-0.2, -0.15) is 9.78 Å². The van der Waals surface area contributed by atoms with Crippen molar-refractivity contribution < 1.29 is 10.0 Å². The van der Waals surface area contributed by atoms with E-state index in [4.69, 9.17) is 5.10 Å².